The summed E-state index contributed by atoms with van der Waals surface area (Å²) in [5, 5.41) is 0. The normalized spacial score (nSPS) is 28.2. The minimum atomic E-state index is -1.11. The van der Waals surface area contributed by atoms with Gasteiger partial charge in [-0.1, -0.05) is 25.2 Å². The summed E-state index contributed by atoms with van der Waals surface area (Å²) in [6.07, 6.45) is 5.77. The minimum absolute atomic E-state index is 0.245. The van der Waals surface area contributed by atoms with Gasteiger partial charge in [0.25, 0.3) is 0 Å². The summed E-state index contributed by atoms with van der Waals surface area (Å²) >= 11 is 0. The van der Waals surface area contributed by atoms with Crippen LogP contribution in [0.25, 0.3) is 0 Å². The van der Waals surface area contributed by atoms with Crippen LogP contribution in [0.1, 0.15) is 20.8 Å². The average Bonchev–Trinajstić information content (AvgIpc) is 2.26. The number of allylic oxidation sites excluding steroid dienone is 2. The van der Waals surface area contributed by atoms with Gasteiger partial charge in [0.1, 0.15) is 0 Å². The number of rotatable bonds is 1. The molecule has 1 aliphatic rings. The van der Waals surface area contributed by atoms with E-state index in [2.05, 4.69) is 46.0 Å². The van der Waals surface area contributed by atoms with Crippen molar-refractivity contribution in [3.05, 3.63) is 23.3 Å². The van der Waals surface area contributed by atoms with Gasteiger partial charge in [-0.3, -0.25) is 0 Å². The zero-order valence-electron chi connectivity index (χ0n) is 10.1. The van der Waals surface area contributed by atoms with E-state index in [1.807, 2.05) is 0 Å². The molecule has 0 aromatic heterocycles. The number of ether oxygens (including phenoxy) is 1. The maximum Gasteiger partial charge on any atom is 0.0986 e. The number of hydrogen-bond donors (Lipinski definition) is 0. The first kappa shape index (κ1) is 11.7. The lowest BCUT2D eigenvalue weighted by Crippen LogP contribution is -2.32. The molecule has 0 amide bonds. The van der Waals surface area contributed by atoms with Gasteiger partial charge in [-0.2, -0.15) is 0 Å². The highest BCUT2D eigenvalue weighted by atomic mass is 28.3. The van der Waals surface area contributed by atoms with Gasteiger partial charge >= 0.3 is 0 Å². The Morgan fingerprint density at radius 2 is 2.21 bits per heavy atom. The van der Waals surface area contributed by atoms with Gasteiger partial charge in [0.15, 0.2) is 0 Å². The van der Waals surface area contributed by atoms with Crippen LogP contribution < -0.4 is 0 Å². The maximum absolute atomic E-state index is 6.01. The zero-order chi connectivity index (χ0) is 10.8. The first-order valence-corrected chi connectivity index (χ1v) is 8.79. The van der Waals surface area contributed by atoms with Crippen molar-refractivity contribution in [2.45, 2.75) is 46.0 Å². The molecule has 0 saturated heterocycles. The molecule has 0 aromatic rings. The molecule has 0 fully saturated rings. The van der Waals surface area contributed by atoms with E-state index in [0.717, 1.165) is 6.23 Å². The third-order valence-corrected chi connectivity index (χ3v) is 5.16. The highest BCUT2D eigenvalue weighted by Crippen LogP contribution is 2.24. The molecule has 0 unspecified atom stereocenters. The lowest BCUT2D eigenvalue weighted by molar-refractivity contribution is 0.137. The van der Waals surface area contributed by atoms with Crippen molar-refractivity contribution in [1.29, 1.82) is 0 Å². The molecular formula is C12H22OSi. The van der Waals surface area contributed by atoms with Gasteiger partial charge in [0, 0.05) is 6.23 Å². The third kappa shape index (κ3) is 2.82. The van der Waals surface area contributed by atoms with Crippen LogP contribution in [0, 0.1) is 0 Å². The molecule has 14 heavy (non-hydrogen) atoms. The molecule has 0 radical (unpaired) electrons. The molecule has 0 bridgehead atoms. The fraction of sp³-hybridized carbons (Fsp3) is 0.667. The van der Waals surface area contributed by atoms with Crippen LogP contribution in [0.3, 0.4) is 0 Å². The summed E-state index contributed by atoms with van der Waals surface area (Å²) in [6, 6.07) is 1.26. The third-order valence-electron chi connectivity index (χ3n) is 2.90. The van der Waals surface area contributed by atoms with E-state index in [1.165, 1.54) is 17.2 Å². The van der Waals surface area contributed by atoms with Crippen molar-refractivity contribution in [2.24, 2.45) is 0 Å². The monoisotopic (exact) mass is 210 g/mol. The van der Waals surface area contributed by atoms with Crippen molar-refractivity contribution < 1.29 is 4.74 Å². The van der Waals surface area contributed by atoms with E-state index in [0.29, 0.717) is 0 Å². The van der Waals surface area contributed by atoms with Crippen LogP contribution in [0.4, 0.5) is 0 Å². The summed E-state index contributed by atoms with van der Waals surface area (Å²) in [7, 11) is -1.11. The van der Waals surface area contributed by atoms with Gasteiger partial charge in [-0.15, -0.1) is 0 Å². The molecule has 0 N–H and O–H groups in total. The van der Waals surface area contributed by atoms with Gasteiger partial charge in [-0.25, -0.2) is 0 Å². The topological polar surface area (TPSA) is 9.23 Å². The van der Waals surface area contributed by atoms with Crippen molar-refractivity contribution in [2.75, 3.05) is 6.23 Å². The largest absolute Gasteiger partial charge is 0.373 e. The Hall–Kier alpha value is -0.343. The van der Waals surface area contributed by atoms with E-state index in [1.54, 1.807) is 0 Å². The van der Waals surface area contributed by atoms with E-state index in [-0.39, 0.29) is 6.10 Å². The Morgan fingerprint density at radius 1 is 1.57 bits per heavy atom. The first-order valence-electron chi connectivity index (χ1n) is 5.37. The zero-order valence-corrected chi connectivity index (χ0v) is 11.1. The predicted octanol–water partition coefficient (Wildman–Crippen LogP) is 3.55. The van der Waals surface area contributed by atoms with E-state index >= 15 is 0 Å². The summed E-state index contributed by atoms with van der Waals surface area (Å²) in [4.78, 5) is 0. The van der Waals surface area contributed by atoms with Crippen molar-refractivity contribution in [1.82, 2.24) is 0 Å². The molecule has 0 saturated carbocycles. The summed E-state index contributed by atoms with van der Waals surface area (Å²) < 4.78 is 6.01. The fourth-order valence-electron chi connectivity index (χ4n) is 1.69. The molecule has 1 atom stereocenters. The fourth-order valence-corrected chi connectivity index (χ4v) is 3.30. The van der Waals surface area contributed by atoms with E-state index in [4.69, 9.17) is 4.74 Å². The van der Waals surface area contributed by atoms with Crippen molar-refractivity contribution in [3.8, 4) is 0 Å². The van der Waals surface area contributed by atoms with Crippen LogP contribution in [0.2, 0.25) is 19.1 Å². The quantitative estimate of drug-likeness (QED) is 0.475. The molecule has 80 valence electrons. The molecular weight excluding hydrogens is 188 g/mol. The SMILES string of the molecule is C/C=C(\C)[C@@H]1OC[Si](C)(C)CC=C1C. The summed E-state index contributed by atoms with van der Waals surface area (Å²) in [6.45, 7) is 11.2. The Kier molecular flexibility index (Phi) is 3.73. The maximum atomic E-state index is 6.01. The lowest BCUT2D eigenvalue weighted by Gasteiger charge is -2.22. The van der Waals surface area contributed by atoms with Crippen LogP contribution in [0.15, 0.2) is 23.3 Å². The Bertz CT molecular complexity index is 263. The van der Waals surface area contributed by atoms with Crippen LogP contribution in [0.5, 0.6) is 0 Å². The highest BCUT2D eigenvalue weighted by Gasteiger charge is 2.26. The molecule has 0 spiro atoms. The second kappa shape index (κ2) is 4.45. The van der Waals surface area contributed by atoms with Crippen molar-refractivity contribution >= 4 is 8.07 Å². The Labute approximate surface area is 88.9 Å². The van der Waals surface area contributed by atoms with Crippen LogP contribution >= 0.6 is 0 Å². The van der Waals surface area contributed by atoms with Crippen LogP contribution in [-0.2, 0) is 4.74 Å². The Morgan fingerprint density at radius 3 is 2.79 bits per heavy atom. The summed E-state index contributed by atoms with van der Waals surface area (Å²) in [5.74, 6) is 0. The van der Waals surface area contributed by atoms with Gasteiger partial charge in [0.05, 0.1) is 14.2 Å². The molecule has 0 aliphatic carbocycles. The Balaban J connectivity index is 2.82. The summed E-state index contributed by atoms with van der Waals surface area (Å²) in [5.41, 5.74) is 2.73. The van der Waals surface area contributed by atoms with Crippen molar-refractivity contribution in [3.63, 3.8) is 0 Å². The van der Waals surface area contributed by atoms with Gasteiger partial charge in [-0.05, 0) is 38.0 Å². The second-order valence-electron chi connectivity index (χ2n) is 5.04. The van der Waals surface area contributed by atoms with Gasteiger partial charge in [0.2, 0.25) is 0 Å². The minimum Gasteiger partial charge on any atom is -0.373 e. The number of hydrogen-bond acceptors (Lipinski definition) is 1. The predicted molar refractivity (Wildman–Crippen MR) is 65.2 cm³/mol. The average molecular weight is 210 g/mol. The van der Waals surface area contributed by atoms with Gasteiger partial charge < -0.3 is 4.74 Å². The molecule has 1 heterocycles. The van der Waals surface area contributed by atoms with Crippen LogP contribution in [-0.4, -0.2) is 20.4 Å². The standard InChI is InChI=1S/C12H22OSi/c1-6-10(2)12-11(3)7-8-14(4,5)9-13-12/h6-7,12H,8-9H2,1-5H3/b10-6+/t12-/m0/s1. The molecule has 2 heteroatoms. The van der Waals surface area contributed by atoms with E-state index in [9.17, 15) is 0 Å². The molecule has 1 aliphatic heterocycles. The second-order valence-corrected chi connectivity index (χ2v) is 10.1. The lowest BCUT2D eigenvalue weighted by atomic mass is 10.0. The molecule has 1 nitrogen and oxygen atoms in total. The smallest absolute Gasteiger partial charge is 0.0986 e. The first-order chi connectivity index (χ1) is 6.46. The molecule has 0 aromatic carbocycles. The highest BCUT2D eigenvalue weighted by molar-refractivity contribution is 6.77. The van der Waals surface area contributed by atoms with E-state index < -0.39 is 8.07 Å². The molecule has 1 rings (SSSR count).